The molecule has 7 heteroatoms. The lowest BCUT2D eigenvalue weighted by Gasteiger charge is -2.31. The predicted molar refractivity (Wildman–Crippen MR) is 84.9 cm³/mol. The number of carboxylic acids is 1. The summed E-state index contributed by atoms with van der Waals surface area (Å²) < 4.78 is 5.57. The molecule has 0 bridgehead atoms. The number of likely N-dealkylation sites (tertiary alicyclic amines) is 1. The molecule has 24 heavy (non-hydrogen) atoms. The van der Waals surface area contributed by atoms with Crippen LogP contribution in [-0.2, 0) is 4.79 Å². The first-order valence-corrected chi connectivity index (χ1v) is 7.60. The van der Waals surface area contributed by atoms with E-state index in [0.29, 0.717) is 36.6 Å². The van der Waals surface area contributed by atoms with Crippen molar-refractivity contribution in [2.75, 3.05) is 6.54 Å². The lowest BCUT2D eigenvalue weighted by Crippen LogP contribution is -2.50. The SMILES string of the molecule is CC1(C(=O)O)CCCN1C(=O)c1cccc(Oc2cnccn2)c1. The lowest BCUT2D eigenvalue weighted by atomic mass is 9.98. The molecule has 1 aliphatic rings. The first-order chi connectivity index (χ1) is 11.5. The Morgan fingerprint density at radius 1 is 1.33 bits per heavy atom. The first kappa shape index (κ1) is 15.9. The fourth-order valence-electron chi connectivity index (χ4n) is 2.82. The molecule has 1 aromatic carbocycles. The van der Waals surface area contributed by atoms with Crippen molar-refractivity contribution in [3.8, 4) is 11.6 Å². The molecule has 3 rings (SSSR count). The van der Waals surface area contributed by atoms with Gasteiger partial charge in [0, 0.05) is 24.5 Å². The highest BCUT2D eigenvalue weighted by molar-refractivity contribution is 5.98. The molecule has 1 atom stereocenters. The maximum atomic E-state index is 12.8. The van der Waals surface area contributed by atoms with Gasteiger partial charge in [0.1, 0.15) is 11.3 Å². The van der Waals surface area contributed by atoms with Crippen molar-refractivity contribution in [1.29, 1.82) is 0 Å². The fraction of sp³-hybridized carbons (Fsp3) is 0.294. The van der Waals surface area contributed by atoms with Crippen LogP contribution in [0.5, 0.6) is 11.6 Å². The number of amides is 1. The molecular formula is C17H17N3O4. The van der Waals surface area contributed by atoms with Crippen LogP contribution in [0.15, 0.2) is 42.9 Å². The summed E-state index contributed by atoms with van der Waals surface area (Å²) >= 11 is 0. The molecule has 0 saturated carbocycles. The number of rotatable bonds is 4. The molecule has 0 radical (unpaired) electrons. The minimum absolute atomic E-state index is 0.318. The average Bonchev–Trinajstić information content (AvgIpc) is 2.99. The van der Waals surface area contributed by atoms with E-state index in [0.717, 1.165) is 0 Å². The normalized spacial score (nSPS) is 20.0. The molecule has 0 spiro atoms. The van der Waals surface area contributed by atoms with Crippen molar-refractivity contribution in [2.24, 2.45) is 0 Å². The molecule has 1 fully saturated rings. The van der Waals surface area contributed by atoms with Crippen LogP contribution in [0.1, 0.15) is 30.1 Å². The van der Waals surface area contributed by atoms with E-state index in [1.54, 1.807) is 31.2 Å². The van der Waals surface area contributed by atoms with Gasteiger partial charge in [-0.1, -0.05) is 6.07 Å². The number of nitrogens with zero attached hydrogens (tertiary/aromatic N) is 3. The number of carbonyl (C=O) groups is 2. The van der Waals surface area contributed by atoms with Gasteiger partial charge in [0.05, 0.1) is 6.20 Å². The van der Waals surface area contributed by atoms with Gasteiger partial charge in [0.2, 0.25) is 5.88 Å². The van der Waals surface area contributed by atoms with Gasteiger partial charge in [0.25, 0.3) is 5.91 Å². The van der Waals surface area contributed by atoms with Gasteiger partial charge in [-0.2, -0.15) is 0 Å². The fourth-order valence-corrected chi connectivity index (χ4v) is 2.82. The first-order valence-electron chi connectivity index (χ1n) is 7.60. The van der Waals surface area contributed by atoms with E-state index in [2.05, 4.69) is 9.97 Å². The monoisotopic (exact) mass is 327 g/mol. The van der Waals surface area contributed by atoms with E-state index in [-0.39, 0.29) is 5.91 Å². The lowest BCUT2D eigenvalue weighted by molar-refractivity contribution is -0.147. The molecule has 1 amide bonds. The third kappa shape index (κ3) is 2.92. The second-order valence-corrected chi connectivity index (χ2v) is 5.81. The second-order valence-electron chi connectivity index (χ2n) is 5.81. The number of hydrogen-bond acceptors (Lipinski definition) is 5. The van der Waals surface area contributed by atoms with Gasteiger partial charge >= 0.3 is 5.97 Å². The van der Waals surface area contributed by atoms with E-state index < -0.39 is 11.5 Å². The molecular weight excluding hydrogens is 310 g/mol. The topological polar surface area (TPSA) is 92.6 Å². The number of aromatic nitrogens is 2. The Hall–Kier alpha value is -2.96. The Labute approximate surface area is 138 Å². The van der Waals surface area contributed by atoms with Gasteiger partial charge in [-0.25, -0.2) is 9.78 Å². The quantitative estimate of drug-likeness (QED) is 0.926. The molecule has 7 nitrogen and oxygen atoms in total. The van der Waals surface area contributed by atoms with Crippen molar-refractivity contribution in [1.82, 2.24) is 14.9 Å². The van der Waals surface area contributed by atoms with E-state index in [9.17, 15) is 14.7 Å². The number of ether oxygens (including phenoxy) is 1. The minimum Gasteiger partial charge on any atom is -0.480 e. The molecule has 1 aliphatic heterocycles. The van der Waals surface area contributed by atoms with Gasteiger partial charge in [-0.3, -0.25) is 9.78 Å². The third-order valence-corrected chi connectivity index (χ3v) is 4.19. The van der Waals surface area contributed by atoms with E-state index in [1.807, 2.05) is 0 Å². The van der Waals surface area contributed by atoms with Crippen LogP contribution in [0, 0.1) is 0 Å². The zero-order valence-electron chi connectivity index (χ0n) is 13.2. The van der Waals surface area contributed by atoms with E-state index in [4.69, 9.17) is 4.74 Å². The number of carbonyl (C=O) groups excluding carboxylic acids is 1. The second kappa shape index (κ2) is 6.27. The molecule has 1 aromatic heterocycles. The number of aliphatic carboxylic acids is 1. The summed E-state index contributed by atoms with van der Waals surface area (Å²) in [5, 5.41) is 9.45. The largest absolute Gasteiger partial charge is 0.480 e. The van der Waals surface area contributed by atoms with E-state index >= 15 is 0 Å². The number of hydrogen-bond donors (Lipinski definition) is 1. The smallest absolute Gasteiger partial charge is 0.329 e. The zero-order chi connectivity index (χ0) is 17.2. The van der Waals surface area contributed by atoms with Crippen molar-refractivity contribution in [3.63, 3.8) is 0 Å². The summed E-state index contributed by atoms with van der Waals surface area (Å²) in [6.07, 6.45) is 5.63. The summed E-state index contributed by atoms with van der Waals surface area (Å²) in [4.78, 5) is 33.6. The Bertz CT molecular complexity index is 765. The van der Waals surface area contributed by atoms with Crippen LogP contribution in [0.25, 0.3) is 0 Å². The van der Waals surface area contributed by atoms with Crippen LogP contribution < -0.4 is 4.74 Å². The minimum atomic E-state index is -1.17. The summed E-state index contributed by atoms with van der Waals surface area (Å²) in [6, 6.07) is 6.61. The van der Waals surface area contributed by atoms with Gasteiger partial charge in [0.15, 0.2) is 0 Å². The van der Waals surface area contributed by atoms with Crippen LogP contribution in [0.2, 0.25) is 0 Å². The summed E-state index contributed by atoms with van der Waals surface area (Å²) in [6.45, 7) is 2.01. The molecule has 2 aromatic rings. The summed E-state index contributed by atoms with van der Waals surface area (Å²) in [5.74, 6) is -0.543. The molecule has 0 aliphatic carbocycles. The van der Waals surface area contributed by atoms with Crippen molar-refractivity contribution < 1.29 is 19.4 Å². The maximum absolute atomic E-state index is 12.8. The predicted octanol–water partition coefficient (Wildman–Crippen LogP) is 2.35. The average molecular weight is 327 g/mol. The Balaban J connectivity index is 1.83. The third-order valence-electron chi connectivity index (χ3n) is 4.19. The van der Waals surface area contributed by atoms with E-state index in [1.165, 1.54) is 23.5 Å². The van der Waals surface area contributed by atoms with Crippen LogP contribution in [0.4, 0.5) is 0 Å². The van der Waals surface area contributed by atoms with Crippen molar-refractivity contribution in [3.05, 3.63) is 48.4 Å². The van der Waals surface area contributed by atoms with Gasteiger partial charge < -0.3 is 14.7 Å². The van der Waals surface area contributed by atoms with Gasteiger partial charge in [-0.05, 0) is 38.0 Å². The molecule has 1 N–H and O–H groups in total. The van der Waals surface area contributed by atoms with Crippen molar-refractivity contribution >= 4 is 11.9 Å². The number of carboxylic acid groups (broad SMARTS) is 1. The summed E-state index contributed by atoms with van der Waals surface area (Å²) in [5.41, 5.74) is -0.787. The molecule has 2 heterocycles. The highest BCUT2D eigenvalue weighted by Crippen LogP contribution is 2.31. The van der Waals surface area contributed by atoms with Crippen LogP contribution in [0.3, 0.4) is 0 Å². The zero-order valence-corrected chi connectivity index (χ0v) is 13.2. The number of benzene rings is 1. The Kier molecular flexibility index (Phi) is 4.16. The standard InChI is InChI=1S/C17H17N3O4/c1-17(16(22)23)6-3-9-20(17)15(21)12-4-2-5-13(10-12)24-14-11-18-7-8-19-14/h2,4-5,7-8,10-11H,3,6,9H2,1H3,(H,22,23). The molecule has 124 valence electrons. The highest BCUT2D eigenvalue weighted by atomic mass is 16.5. The Morgan fingerprint density at radius 2 is 2.17 bits per heavy atom. The summed E-state index contributed by atoms with van der Waals surface area (Å²) in [7, 11) is 0. The maximum Gasteiger partial charge on any atom is 0.329 e. The van der Waals surface area contributed by atoms with Gasteiger partial charge in [-0.15, -0.1) is 0 Å². The molecule has 1 unspecified atom stereocenters. The Morgan fingerprint density at radius 3 is 2.88 bits per heavy atom. The molecule has 1 saturated heterocycles. The van der Waals surface area contributed by atoms with Crippen LogP contribution >= 0.6 is 0 Å². The highest BCUT2D eigenvalue weighted by Gasteiger charge is 2.46. The van der Waals surface area contributed by atoms with Crippen LogP contribution in [-0.4, -0.2) is 43.9 Å². The van der Waals surface area contributed by atoms with Crippen molar-refractivity contribution in [2.45, 2.75) is 25.3 Å².